The van der Waals surface area contributed by atoms with Gasteiger partial charge in [-0.2, -0.15) is 5.10 Å². The molecule has 1 aromatic carbocycles. The zero-order chi connectivity index (χ0) is 17.7. The average molecular weight is 329 g/mol. The van der Waals surface area contributed by atoms with E-state index in [-0.39, 0.29) is 12.0 Å². The van der Waals surface area contributed by atoms with Gasteiger partial charge >= 0.3 is 5.97 Å². The molecule has 1 atom stereocenters. The lowest BCUT2D eigenvalue weighted by Gasteiger charge is -2.13. The Kier molecular flexibility index (Phi) is 5.47. The number of hydrogen-bond donors (Lipinski definition) is 1. The Hall–Kier alpha value is -2.96. The lowest BCUT2D eigenvalue weighted by Crippen LogP contribution is -2.36. The van der Waals surface area contributed by atoms with Gasteiger partial charge in [-0.25, -0.2) is 4.68 Å². The first kappa shape index (κ1) is 17.4. The molecule has 7 heteroatoms. The third-order valence-electron chi connectivity index (χ3n) is 3.44. The quantitative estimate of drug-likeness (QED) is 0.623. The van der Waals surface area contributed by atoms with Crippen molar-refractivity contribution in [1.29, 1.82) is 0 Å². The number of fused-ring (bicyclic) bond motifs is 1. The second-order valence-corrected chi connectivity index (χ2v) is 5.26. The number of carbonyl (C=O) groups is 2. The summed E-state index contributed by atoms with van der Waals surface area (Å²) in [6.45, 7) is 5.28. The van der Waals surface area contributed by atoms with Gasteiger partial charge in [-0.15, -0.1) is 6.58 Å². The van der Waals surface area contributed by atoms with Crippen LogP contribution in [0.2, 0.25) is 0 Å². The number of esters is 1. The molecule has 1 amide bonds. The van der Waals surface area contributed by atoms with Crippen LogP contribution < -0.4 is 10.9 Å². The Morgan fingerprint density at radius 3 is 2.71 bits per heavy atom. The van der Waals surface area contributed by atoms with Crippen LogP contribution in [0.3, 0.4) is 0 Å². The average Bonchev–Trinajstić information content (AvgIpc) is 2.57. The third kappa shape index (κ3) is 3.87. The van der Waals surface area contributed by atoms with Crippen molar-refractivity contribution in [2.24, 2.45) is 7.05 Å². The van der Waals surface area contributed by atoms with Crippen LogP contribution in [-0.4, -0.2) is 34.3 Å². The number of nitrogens with zero attached hydrogens (tertiary/aromatic N) is 2. The molecule has 0 aliphatic rings. The molecule has 126 valence electrons. The maximum atomic E-state index is 12.1. The topological polar surface area (TPSA) is 90.3 Å². The molecule has 2 rings (SSSR count). The first-order chi connectivity index (χ1) is 11.4. The molecule has 7 nitrogen and oxygen atoms in total. The highest BCUT2D eigenvalue weighted by molar-refractivity contribution is 5.88. The van der Waals surface area contributed by atoms with Crippen molar-refractivity contribution in [2.45, 2.75) is 19.4 Å². The first-order valence-corrected chi connectivity index (χ1v) is 7.47. The van der Waals surface area contributed by atoms with E-state index in [0.29, 0.717) is 23.0 Å². The van der Waals surface area contributed by atoms with Crippen LogP contribution in [0.15, 0.2) is 41.7 Å². The number of aromatic nitrogens is 2. The molecule has 0 aliphatic heterocycles. The zero-order valence-electron chi connectivity index (χ0n) is 13.6. The number of hydrogen-bond acceptors (Lipinski definition) is 5. The number of amides is 1. The van der Waals surface area contributed by atoms with Gasteiger partial charge in [-0.1, -0.05) is 24.3 Å². The number of nitrogens with one attached hydrogen (secondary N) is 1. The minimum absolute atomic E-state index is 0.131. The van der Waals surface area contributed by atoms with Gasteiger partial charge in [-0.3, -0.25) is 14.4 Å². The molecule has 0 saturated carbocycles. The lowest BCUT2D eigenvalue weighted by atomic mass is 10.1. The van der Waals surface area contributed by atoms with E-state index in [1.165, 1.54) is 24.7 Å². The van der Waals surface area contributed by atoms with Gasteiger partial charge in [0.05, 0.1) is 17.5 Å². The Morgan fingerprint density at radius 1 is 1.38 bits per heavy atom. The molecule has 0 saturated heterocycles. The van der Waals surface area contributed by atoms with Crippen LogP contribution in [0.1, 0.15) is 12.6 Å². The van der Waals surface area contributed by atoms with Crippen molar-refractivity contribution in [3.05, 3.63) is 53.0 Å². The highest BCUT2D eigenvalue weighted by Crippen LogP contribution is 2.14. The maximum absolute atomic E-state index is 12.1. The van der Waals surface area contributed by atoms with Crippen molar-refractivity contribution < 1.29 is 14.3 Å². The molecule has 0 unspecified atom stereocenters. The molecule has 0 spiro atoms. The van der Waals surface area contributed by atoms with E-state index in [1.807, 2.05) is 0 Å². The largest absolute Gasteiger partial charge is 0.452 e. The summed E-state index contributed by atoms with van der Waals surface area (Å²) in [5.41, 5.74) is 0.191. The summed E-state index contributed by atoms with van der Waals surface area (Å²) in [4.78, 5) is 35.9. The number of ether oxygens (including phenoxy) is 1. The predicted molar refractivity (Wildman–Crippen MR) is 89.4 cm³/mol. The highest BCUT2D eigenvalue weighted by Gasteiger charge is 2.19. The molecule has 2 aromatic rings. The van der Waals surface area contributed by atoms with Gasteiger partial charge in [0, 0.05) is 19.0 Å². The summed E-state index contributed by atoms with van der Waals surface area (Å²) in [5, 5.41) is 7.76. The van der Waals surface area contributed by atoms with E-state index in [0.717, 1.165) is 0 Å². The number of aryl methyl sites for hydroxylation is 1. The maximum Gasteiger partial charge on any atom is 0.312 e. The molecular weight excluding hydrogens is 310 g/mol. The third-order valence-corrected chi connectivity index (χ3v) is 3.44. The van der Waals surface area contributed by atoms with Gasteiger partial charge in [0.1, 0.15) is 0 Å². The van der Waals surface area contributed by atoms with Gasteiger partial charge in [0.2, 0.25) is 0 Å². The molecule has 0 bridgehead atoms. The van der Waals surface area contributed by atoms with Crippen LogP contribution in [0.25, 0.3) is 10.8 Å². The SMILES string of the molecule is C=CCNC(=O)[C@H](C)OC(=O)Cc1nn(C)c(=O)c2ccccc12. The summed E-state index contributed by atoms with van der Waals surface area (Å²) < 4.78 is 6.31. The minimum atomic E-state index is -0.920. The van der Waals surface area contributed by atoms with Gasteiger partial charge in [0.25, 0.3) is 11.5 Å². The van der Waals surface area contributed by atoms with Crippen molar-refractivity contribution in [3.8, 4) is 0 Å². The van der Waals surface area contributed by atoms with Crippen molar-refractivity contribution in [3.63, 3.8) is 0 Å². The summed E-state index contributed by atoms with van der Waals surface area (Å²) >= 11 is 0. The van der Waals surface area contributed by atoms with E-state index in [2.05, 4.69) is 17.0 Å². The lowest BCUT2D eigenvalue weighted by molar-refractivity contribution is -0.154. The summed E-state index contributed by atoms with van der Waals surface area (Å²) in [7, 11) is 1.52. The molecule has 0 fully saturated rings. The van der Waals surface area contributed by atoms with Crippen molar-refractivity contribution >= 4 is 22.6 Å². The standard InChI is InChI=1S/C17H19N3O4/c1-4-9-18-16(22)11(2)24-15(21)10-14-12-7-5-6-8-13(12)17(23)20(3)19-14/h4-8,11H,1,9-10H2,2-3H3,(H,18,22)/t11-/m0/s1. The molecule has 1 N–H and O–H groups in total. The second-order valence-electron chi connectivity index (χ2n) is 5.26. The number of rotatable bonds is 6. The van der Waals surface area contributed by atoms with Gasteiger partial charge < -0.3 is 10.1 Å². The molecule has 1 aromatic heterocycles. The highest BCUT2D eigenvalue weighted by atomic mass is 16.5. The Morgan fingerprint density at radius 2 is 2.04 bits per heavy atom. The Bertz CT molecular complexity index is 841. The number of benzene rings is 1. The second kappa shape index (κ2) is 7.54. The molecule has 1 heterocycles. The summed E-state index contributed by atoms with van der Waals surface area (Å²) in [6.07, 6.45) is 0.483. The van der Waals surface area contributed by atoms with Crippen LogP contribution in [0, 0.1) is 0 Å². The fraction of sp³-hybridized carbons (Fsp3) is 0.294. The minimum Gasteiger partial charge on any atom is -0.452 e. The van der Waals surface area contributed by atoms with E-state index in [4.69, 9.17) is 4.74 Å². The Labute approximate surface area is 138 Å². The number of carbonyl (C=O) groups excluding carboxylic acids is 2. The molecule has 24 heavy (non-hydrogen) atoms. The van der Waals surface area contributed by atoms with Gasteiger partial charge in [-0.05, 0) is 13.0 Å². The Balaban J connectivity index is 2.16. The molecule has 0 radical (unpaired) electrons. The van der Waals surface area contributed by atoms with Crippen LogP contribution >= 0.6 is 0 Å². The zero-order valence-corrected chi connectivity index (χ0v) is 13.6. The summed E-state index contributed by atoms with van der Waals surface area (Å²) in [5.74, 6) is -0.992. The van der Waals surface area contributed by atoms with E-state index in [1.54, 1.807) is 24.3 Å². The normalized spacial score (nSPS) is 11.8. The van der Waals surface area contributed by atoms with Crippen molar-refractivity contribution in [2.75, 3.05) is 6.54 Å². The van der Waals surface area contributed by atoms with Crippen LogP contribution in [0.5, 0.6) is 0 Å². The smallest absolute Gasteiger partial charge is 0.312 e. The first-order valence-electron chi connectivity index (χ1n) is 7.47. The van der Waals surface area contributed by atoms with E-state index in [9.17, 15) is 14.4 Å². The predicted octanol–water partition coefficient (Wildman–Crippen LogP) is 0.710. The summed E-state index contributed by atoms with van der Waals surface area (Å²) in [6, 6.07) is 6.92. The van der Waals surface area contributed by atoms with Crippen molar-refractivity contribution in [1.82, 2.24) is 15.1 Å². The van der Waals surface area contributed by atoms with Crippen LogP contribution in [-0.2, 0) is 27.8 Å². The van der Waals surface area contributed by atoms with E-state index < -0.39 is 18.0 Å². The monoisotopic (exact) mass is 329 g/mol. The fourth-order valence-corrected chi connectivity index (χ4v) is 2.25. The van der Waals surface area contributed by atoms with E-state index >= 15 is 0 Å². The fourth-order valence-electron chi connectivity index (χ4n) is 2.25. The molecular formula is C17H19N3O4. The molecule has 0 aliphatic carbocycles. The van der Waals surface area contributed by atoms with Crippen LogP contribution in [0.4, 0.5) is 0 Å². The van der Waals surface area contributed by atoms with Gasteiger partial charge in [0.15, 0.2) is 6.10 Å².